The average Bonchev–Trinajstić information content (AvgIpc) is 1.75. The summed E-state index contributed by atoms with van der Waals surface area (Å²) >= 11 is 1.27. The van der Waals surface area contributed by atoms with Crippen molar-refractivity contribution in [3.63, 3.8) is 0 Å². The van der Waals surface area contributed by atoms with Crippen LogP contribution in [0.2, 0.25) is 0 Å². The fraction of sp³-hybridized carbons (Fsp3) is 0. The van der Waals surface area contributed by atoms with Crippen LogP contribution in [0.5, 0.6) is 0 Å². The van der Waals surface area contributed by atoms with Crippen molar-refractivity contribution in [3.05, 3.63) is 0 Å². The van der Waals surface area contributed by atoms with E-state index < -0.39 is 29.9 Å². The Morgan fingerprint density at radius 1 is 1.14 bits per heavy atom. The molecule has 0 aromatic heterocycles. The summed E-state index contributed by atoms with van der Waals surface area (Å²) in [7, 11) is 0. The fourth-order valence-electron chi connectivity index (χ4n) is 0.00756. The fourth-order valence-corrected chi connectivity index (χ4v) is 0.129. The van der Waals surface area contributed by atoms with Gasteiger partial charge in [0.1, 0.15) is 0 Å². The van der Waals surface area contributed by atoms with Crippen LogP contribution in [0.4, 0.5) is 0 Å². The van der Waals surface area contributed by atoms with Crippen LogP contribution in [0, 0.1) is 0 Å². The Kier molecular flexibility index (Phi) is 24.4. The molecule has 0 aliphatic carbocycles. The first kappa shape index (κ1) is 10.8. The van der Waals surface area contributed by atoms with Crippen molar-refractivity contribution >= 4 is 0 Å². The molecule has 0 unspecified atom stereocenters. The second kappa shape index (κ2) is 15.8. The van der Waals surface area contributed by atoms with Gasteiger partial charge in [-0.05, 0) is 0 Å². The van der Waals surface area contributed by atoms with Crippen LogP contribution in [0.1, 0.15) is 0 Å². The van der Waals surface area contributed by atoms with Gasteiger partial charge in [0, 0.05) is 0 Å². The molecule has 0 saturated heterocycles. The summed E-state index contributed by atoms with van der Waals surface area (Å²) in [4.78, 5) is 0. The quantitative estimate of drug-likeness (QED) is 0.657. The Labute approximate surface area is 60.1 Å². The number of hydrogen-bond donors (Lipinski definition) is 0. The summed E-state index contributed by atoms with van der Waals surface area (Å²) in [5.74, 6) is 0. The maximum atomic E-state index is 9.07. The minimum atomic E-state index is -0.523. The number of rotatable bonds is 2. The number of hydrogen-bond acceptors (Lipinski definition) is 4. The van der Waals surface area contributed by atoms with E-state index in [1.165, 1.54) is 0 Å². The molecule has 7 heavy (non-hydrogen) atoms. The molecule has 0 N–H and O–H groups in total. The van der Waals surface area contributed by atoms with Gasteiger partial charge in [-0.1, -0.05) is 0 Å². The summed E-state index contributed by atoms with van der Waals surface area (Å²) < 4.78 is 29.7. The van der Waals surface area contributed by atoms with Crippen molar-refractivity contribution < 1.29 is 60.1 Å². The van der Waals surface area contributed by atoms with Gasteiger partial charge in [-0.2, -0.15) is 0 Å². The van der Waals surface area contributed by atoms with E-state index in [0.717, 1.165) is 0 Å². The van der Waals surface area contributed by atoms with Crippen molar-refractivity contribution in [2.24, 2.45) is 0 Å². The van der Waals surface area contributed by atoms with Crippen molar-refractivity contribution in [2.75, 3.05) is 0 Å². The van der Waals surface area contributed by atoms with Gasteiger partial charge in [0.25, 0.3) is 0 Å². The van der Waals surface area contributed by atoms with Gasteiger partial charge in [-0.3, -0.25) is 0 Å². The molecule has 0 amide bonds. The van der Waals surface area contributed by atoms with E-state index in [1.54, 1.807) is 0 Å². The van der Waals surface area contributed by atoms with Gasteiger partial charge in [0.15, 0.2) is 0 Å². The molecule has 0 radical (unpaired) electrons. The molecule has 0 heterocycles. The summed E-state index contributed by atoms with van der Waals surface area (Å²) in [5, 5.41) is 0. The van der Waals surface area contributed by atoms with Crippen molar-refractivity contribution in [2.45, 2.75) is 0 Å². The molecule has 0 aromatic carbocycles. The standard InChI is InChI=1S/3Co.4O. The molecular weight excluding hydrogens is 241 g/mol. The van der Waals surface area contributed by atoms with E-state index in [2.05, 4.69) is 18.6 Å². The van der Waals surface area contributed by atoms with Crippen LogP contribution in [-0.2, 0) is 60.1 Å². The monoisotopic (exact) mass is 241 g/mol. The van der Waals surface area contributed by atoms with Crippen LogP contribution in [0.15, 0.2) is 0 Å². The van der Waals surface area contributed by atoms with Crippen LogP contribution in [0.25, 0.3) is 0 Å². The molecule has 0 bridgehead atoms. The first-order chi connectivity index (χ1) is 3.41. The summed E-state index contributed by atoms with van der Waals surface area (Å²) in [5.41, 5.74) is 0. The molecule has 0 atom stereocenters. The van der Waals surface area contributed by atoms with E-state index in [0.29, 0.717) is 0 Å². The third-order valence-corrected chi connectivity index (χ3v) is 0.630. The Hall–Kier alpha value is 0.879. The van der Waals surface area contributed by atoms with Gasteiger partial charge >= 0.3 is 60.1 Å². The predicted molar refractivity (Wildman–Crippen MR) is 3.14 cm³/mol. The first-order valence-corrected chi connectivity index (χ1v) is 2.81. The topological polar surface area (TPSA) is 60.4 Å². The Morgan fingerprint density at radius 2 is 1.43 bits per heavy atom. The summed E-state index contributed by atoms with van der Waals surface area (Å²) in [6, 6.07) is 0. The van der Waals surface area contributed by atoms with Crippen molar-refractivity contribution in [3.8, 4) is 0 Å². The van der Waals surface area contributed by atoms with Gasteiger partial charge in [-0.25, -0.2) is 0 Å². The molecule has 0 saturated carbocycles. The Morgan fingerprint density at radius 3 is 1.43 bits per heavy atom. The molecule has 0 aliphatic rings. The third kappa shape index (κ3) is 19.8. The molecule has 0 spiro atoms. The predicted octanol–water partition coefficient (Wildman–Crippen LogP) is -0.432. The van der Waals surface area contributed by atoms with Crippen molar-refractivity contribution in [1.29, 1.82) is 0 Å². The van der Waals surface area contributed by atoms with Crippen LogP contribution in [-0.4, -0.2) is 0 Å². The van der Waals surface area contributed by atoms with Gasteiger partial charge in [-0.15, -0.1) is 0 Å². The molecular formula is Co3O4. The zero-order chi connectivity index (χ0) is 6.12. The van der Waals surface area contributed by atoms with Gasteiger partial charge < -0.3 is 0 Å². The average molecular weight is 241 g/mol. The van der Waals surface area contributed by atoms with Crippen molar-refractivity contribution in [1.82, 2.24) is 0 Å². The molecule has 0 rings (SSSR count). The first-order valence-electron chi connectivity index (χ1n) is 0.680. The van der Waals surface area contributed by atoms with Gasteiger partial charge in [0.2, 0.25) is 0 Å². The minimum absolute atomic E-state index is 0.523. The van der Waals surface area contributed by atoms with E-state index in [-0.39, 0.29) is 0 Å². The van der Waals surface area contributed by atoms with Crippen LogP contribution < -0.4 is 0 Å². The second-order valence-corrected chi connectivity index (χ2v) is 1.23. The zero-order valence-electron chi connectivity index (χ0n) is 2.63. The molecule has 7 heteroatoms. The molecule has 0 fully saturated rings. The van der Waals surface area contributed by atoms with E-state index in [9.17, 15) is 0 Å². The van der Waals surface area contributed by atoms with Gasteiger partial charge in [0.05, 0.1) is 0 Å². The SMILES string of the molecule is [O]=[Co].[O]=[Co][O][Co]=[O]. The second-order valence-electron chi connectivity index (χ2n) is 0.156. The van der Waals surface area contributed by atoms with Crippen LogP contribution >= 0.6 is 0 Å². The van der Waals surface area contributed by atoms with E-state index in [4.69, 9.17) is 11.6 Å². The van der Waals surface area contributed by atoms with E-state index >= 15 is 0 Å². The molecule has 51 valence electrons. The normalized spacial score (nSPS) is 7.57. The third-order valence-electron chi connectivity index (χ3n) is 0.0370. The maximum absolute atomic E-state index is 9.07. The Bertz CT molecular complexity index is 44.9. The molecule has 0 aromatic rings. The van der Waals surface area contributed by atoms with Crippen LogP contribution in [0.3, 0.4) is 0 Å². The van der Waals surface area contributed by atoms with E-state index in [1.807, 2.05) is 0 Å². The summed E-state index contributed by atoms with van der Waals surface area (Å²) in [6.07, 6.45) is 0. The molecule has 4 nitrogen and oxygen atoms in total. The Balaban J connectivity index is 0. The summed E-state index contributed by atoms with van der Waals surface area (Å²) in [6.45, 7) is 0. The zero-order valence-corrected chi connectivity index (χ0v) is 5.76. The molecule has 0 aliphatic heterocycles.